The fourth-order valence-electron chi connectivity index (χ4n) is 3.82. The molecular formula is C21H24FN5O4. The molecule has 2 fully saturated rings. The Hall–Kier alpha value is -3.27. The van der Waals surface area contributed by atoms with Crippen LogP contribution >= 0.6 is 0 Å². The van der Waals surface area contributed by atoms with Gasteiger partial charge in [-0.15, -0.1) is 0 Å². The van der Waals surface area contributed by atoms with Crippen LogP contribution < -0.4 is 16.1 Å². The summed E-state index contributed by atoms with van der Waals surface area (Å²) in [4.78, 5) is 35.5. The molecule has 0 spiro atoms. The lowest BCUT2D eigenvalue weighted by Gasteiger charge is -2.23. The van der Waals surface area contributed by atoms with Crippen LogP contribution in [-0.2, 0) is 4.84 Å². The zero-order valence-corrected chi connectivity index (χ0v) is 17.2. The summed E-state index contributed by atoms with van der Waals surface area (Å²) in [5.41, 5.74) is 5.24. The van der Waals surface area contributed by atoms with Gasteiger partial charge >= 0.3 is 5.97 Å². The molecule has 1 atom stereocenters. The van der Waals surface area contributed by atoms with E-state index in [-0.39, 0.29) is 48.2 Å². The highest BCUT2D eigenvalue weighted by molar-refractivity contribution is 5.97. The van der Waals surface area contributed by atoms with Crippen LogP contribution in [0.5, 0.6) is 0 Å². The molecule has 9 nitrogen and oxygen atoms in total. The van der Waals surface area contributed by atoms with Gasteiger partial charge in [0, 0.05) is 30.7 Å². The highest BCUT2D eigenvalue weighted by Crippen LogP contribution is 2.38. The molecule has 1 saturated carbocycles. The normalized spacial score (nSPS) is 22.3. The Bertz CT molecular complexity index is 1160. The van der Waals surface area contributed by atoms with Crippen molar-refractivity contribution in [2.45, 2.75) is 25.8 Å². The van der Waals surface area contributed by atoms with Gasteiger partial charge in [0.15, 0.2) is 11.6 Å². The van der Waals surface area contributed by atoms with Crippen molar-refractivity contribution in [3.63, 3.8) is 0 Å². The number of aromatic carboxylic acids is 1. The minimum absolute atomic E-state index is 0.0444. The zero-order valence-electron chi connectivity index (χ0n) is 17.2. The van der Waals surface area contributed by atoms with E-state index >= 15 is 4.39 Å². The first-order valence-electron chi connectivity index (χ1n) is 10.0. The molecule has 4 rings (SSSR count). The maximum absolute atomic E-state index is 15.1. The highest BCUT2D eigenvalue weighted by Gasteiger charge is 2.41. The van der Waals surface area contributed by atoms with E-state index in [0.29, 0.717) is 12.3 Å². The second kappa shape index (κ2) is 7.77. The van der Waals surface area contributed by atoms with Crippen LogP contribution in [0.25, 0.3) is 11.0 Å². The lowest BCUT2D eigenvalue weighted by molar-refractivity contribution is 0.0695. The Morgan fingerprint density at radius 2 is 2.29 bits per heavy atom. The van der Waals surface area contributed by atoms with Crippen molar-refractivity contribution in [1.29, 1.82) is 0 Å². The third-order valence-corrected chi connectivity index (χ3v) is 5.80. The molecule has 2 aromatic heterocycles. The van der Waals surface area contributed by atoms with Crippen molar-refractivity contribution < 1.29 is 19.1 Å². The fourth-order valence-corrected chi connectivity index (χ4v) is 3.82. The molecule has 0 aromatic carbocycles. The number of hydrogen-bond acceptors (Lipinski definition) is 7. The molecule has 3 heterocycles. The lowest BCUT2D eigenvalue weighted by Crippen LogP contribution is -2.36. The molecule has 3 N–H and O–H groups in total. The van der Waals surface area contributed by atoms with Gasteiger partial charge in [0.05, 0.1) is 17.6 Å². The number of rotatable bonds is 7. The van der Waals surface area contributed by atoms with Crippen molar-refractivity contribution in [2.75, 3.05) is 31.1 Å². The predicted molar refractivity (Wildman–Crippen MR) is 114 cm³/mol. The van der Waals surface area contributed by atoms with Crippen molar-refractivity contribution >= 4 is 28.5 Å². The van der Waals surface area contributed by atoms with Crippen molar-refractivity contribution in [3.05, 3.63) is 46.5 Å². The Balaban J connectivity index is 1.81. The first kappa shape index (κ1) is 21.0. The van der Waals surface area contributed by atoms with Crippen molar-refractivity contribution in [2.24, 2.45) is 16.3 Å². The van der Waals surface area contributed by atoms with E-state index in [9.17, 15) is 14.7 Å². The van der Waals surface area contributed by atoms with Crippen molar-refractivity contribution in [1.82, 2.24) is 9.55 Å². The molecule has 0 bridgehead atoms. The molecule has 2 aromatic rings. The minimum Gasteiger partial charge on any atom is -0.477 e. The molecule has 10 heteroatoms. The van der Waals surface area contributed by atoms with Gasteiger partial charge in [0.2, 0.25) is 5.43 Å². The summed E-state index contributed by atoms with van der Waals surface area (Å²) < 4.78 is 16.8. The molecular weight excluding hydrogens is 405 g/mol. The predicted octanol–water partition coefficient (Wildman–Crippen LogP) is 1.91. The fraction of sp³-hybridized carbons (Fsp3) is 0.429. The van der Waals surface area contributed by atoms with Crippen LogP contribution in [0.15, 0.2) is 34.9 Å². The molecule has 1 saturated heterocycles. The number of pyridine rings is 2. The van der Waals surface area contributed by atoms with Gasteiger partial charge in [0.1, 0.15) is 17.8 Å². The van der Waals surface area contributed by atoms with Gasteiger partial charge in [0.25, 0.3) is 0 Å². The molecule has 1 aliphatic carbocycles. The van der Waals surface area contributed by atoms with Gasteiger partial charge in [-0.3, -0.25) is 4.79 Å². The van der Waals surface area contributed by atoms with Crippen LogP contribution in [0, 0.1) is 11.2 Å². The summed E-state index contributed by atoms with van der Waals surface area (Å²) >= 11 is 0. The van der Waals surface area contributed by atoms with E-state index in [4.69, 9.17) is 10.6 Å². The first-order valence-corrected chi connectivity index (χ1v) is 10.0. The van der Waals surface area contributed by atoms with E-state index in [1.54, 1.807) is 15.5 Å². The van der Waals surface area contributed by atoms with Gasteiger partial charge in [-0.25, -0.2) is 14.2 Å². The SMILES string of the molecule is C=CCO/N=C1/CN(c2nc3c(cc2F)c(=O)c(C(=O)O)cn3C2CC2)CC1(C)CN. The third kappa shape index (κ3) is 3.67. The Morgan fingerprint density at radius 1 is 1.55 bits per heavy atom. The van der Waals surface area contributed by atoms with Gasteiger partial charge in [-0.2, -0.15) is 0 Å². The van der Waals surface area contributed by atoms with E-state index in [0.717, 1.165) is 18.9 Å². The molecule has 31 heavy (non-hydrogen) atoms. The number of nitrogens with two attached hydrogens (primary N) is 1. The van der Waals surface area contributed by atoms with Crippen LogP contribution in [0.4, 0.5) is 10.2 Å². The largest absolute Gasteiger partial charge is 0.477 e. The summed E-state index contributed by atoms with van der Waals surface area (Å²) in [6.07, 6.45) is 4.57. The number of oxime groups is 1. The number of hydrogen-bond donors (Lipinski definition) is 2. The summed E-state index contributed by atoms with van der Waals surface area (Å²) in [5, 5.41) is 13.5. The number of carbonyl (C=O) groups is 1. The molecule has 2 aliphatic rings. The Labute approximate surface area is 177 Å². The topological polar surface area (TPSA) is 123 Å². The maximum Gasteiger partial charge on any atom is 0.341 e. The summed E-state index contributed by atoms with van der Waals surface area (Å²) in [6, 6.07) is 1.12. The number of fused-ring (bicyclic) bond motifs is 1. The van der Waals surface area contributed by atoms with Crippen LogP contribution in [0.3, 0.4) is 0 Å². The molecule has 1 unspecified atom stereocenters. The number of carboxylic acids is 1. The Kier molecular flexibility index (Phi) is 5.26. The quantitative estimate of drug-likeness (QED) is 0.391. The monoisotopic (exact) mass is 429 g/mol. The number of halogens is 1. The third-order valence-electron chi connectivity index (χ3n) is 5.80. The van der Waals surface area contributed by atoms with Crippen LogP contribution in [0.1, 0.15) is 36.2 Å². The van der Waals surface area contributed by atoms with E-state index < -0.39 is 22.6 Å². The number of anilines is 1. The standard InChI is InChI=1S/C21H24FN5O4/c1-3-6-31-25-16-9-26(11-21(16,2)10-23)19-15(22)7-13-17(28)14(20(29)30)8-27(12-4-5-12)18(13)24-19/h3,7-8,12H,1,4-6,9-11,23H2,2H3,(H,29,30)/b25-16-. The summed E-state index contributed by atoms with van der Waals surface area (Å²) in [6.45, 7) is 6.66. The van der Waals surface area contributed by atoms with Gasteiger partial charge in [-0.1, -0.05) is 24.7 Å². The zero-order chi connectivity index (χ0) is 22.3. The van der Waals surface area contributed by atoms with Gasteiger partial charge in [-0.05, 0) is 18.9 Å². The van der Waals surface area contributed by atoms with Crippen LogP contribution in [-0.4, -0.2) is 52.6 Å². The average Bonchev–Trinajstić information content (AvgIpc) is 3.52. The molecule has 0 radical (unpaired) electrons. The second-order valence-electron chi connectivity index (χ2n) is 8.22. The number of aromatic nitrogens is 2. The average molecular weight is 429 g/mol. The summed E-state index contributed by atoms with van der Waals surface area (Å²) in [7, 11) is 0. The molecule has 0 amide bonds. The van der Waals surface area contributed by atoms with Crippen LogP contribution in [0.2, 0.25) is 0 Å². The minimum atomic E-state index is -1.34. The second-order valence-corrected chi connectivity index (χ2v) is 8.22. The van der Waals surface area contributed by atoms with E-state index in [2.05, 4.69) is 16.7 Å². The lowest BCUT2D eigenvalue weighted by atomic mass is 9.88. The summed E-state index contributed by atoms with van der Waals surface area (Å²) in [5.74, 6) is -1.98. The van der Waals surface area contributed by atoms with E-state index in [1.807, 2.05) is 6.92 Å². The van der Waals surface area contributed by atoms with Gasteiger partial charge < -0.3 is 25.1 Å². The molecule has 1 aliphatic heterocycles. The Morgan fingerprint density at radius 3 is 2.90 bits per heavy atom. The number of carboxylic acid groups (broad SMARTS) is 1. The number of nitrogens with zero attached hydrogens (tertiary/aromatic N) is 4. The maximum atomic E-state index is 15.1. The molecule has 164 valence electrons. The smallest absolute Gasteiger partial charge is 0.341 e. The first-order chi connectivity index (χ1) is 14.8. The van der Waals surface area contributed by atoms with E-state index in [1.165, 1.54) is 6.20 Å². The highest BCUT2D eigenvalue weighted by atomic mass is 19.1. The van der Waals surface area contributed by atoms with Crippen molar-refractivity contribution in [3.8, 4) is 0 Å².